The molecule has 0 radical (unpaired) electrons. The normalized spacial score (nSPS) is 27.9. The molecule has 0 aromatic heterocycles. The molecule has 0 aromatic carbocycles. The van der Waals surface area contributed by atoms with Crippen LogP contribution in [-0.2, 0) is 4.79 Å². The standard InChI is InChI=1S/C11H20N2O2/c14-11(15)5-7-13-6-1-2-10(8-13)12-9-3-4-9/h9-10,12H,1-8H2,(H,14,15). The zero-order chi connectivity index (χ0) is 10.7. The number of carbonyl (C=O) groups is 1. The molecule has 2 aliphatic rings. The van der Waals surface area contributed by atoms with Gasteiger partial charge in [-0.05, 0) is 32.2 Å². The lowest BCUT2D eigenvalue weighted by molar-refractivity contribution is -0.137. The molecule has 0 amide bonds. The lowest BCUT2D eigenvalue weighted by Gasteiger charge is -2.33. The number of hydrogen-bond donors (Lipinski definition) is 2. The average Bonchev–Trinajstić information content (AvgIpc) is 2.99. The molecule has 2 N–H and O–H groups in total. The third kappa shape index (κ3) is 3.80. The van der Waals surface area contributed by atoms with E-state index >= 15 is 0 Å². The minimum absolute atomic E-state index is 0.274. The van der Waals surface area contributed by atoms with E-state index in [4.69, 9.17) is 5.11 Å². The van der Waals surface area contributed by atoms with Crippen molar-refractivity contribution in [3.8, 4) is 0 Å². The molecule has 1 unspecified atom stereocenters. The average molecular weight is 212 g/mol. The first-order chi connectivity index (χ1) is 7.24. The van der Waals surface area contributed by atoms with Crippen molar-refractivity contribution in [2.45, 2.75) is 44.2 Å². The summed E-state index contributed by atoms with van der Waals surface area (Å²) in [4.78, 5) is 12.7. The van der Waals surface area contributed by atoms with Gasteiger partial charge in [0.1, 0.15) is 0 Å². The fourth-order valence-electron chi connectivity index (χ4n) is 2.23. The maximum atomic E-state index is 10.5. The highest BCUT2D eigenvalue weighted by Gasteiger charge is 2.27. The Balaban J connectivity index is 1.68. The van der Waals surface area contributed by atoms with E-state index in [-0.39, 0.29) is 6.42 Å². The third-order valence-electron chi connectivity index (χ3n) is 3.20. The van der Waals surface area contributed by atoms with Crippen molar-refractivity contribution in [2.75, 3.05) is 19.6 Å². The molecule has 1 heterocycles. The summed E-state index contributed by atoms with van der Waals surface area (Å²) < 4.78 is 0. The summed E-state index contributed by atoms with van der Waals surface area (Å²) >= 11 is 0. The quantitative estimate of drug-likeness (QED) is 0.703. The molecule has 4 heteroatoms. The smallest absolute Gasteiger partial charge is 0.304 e. The molecular weight excluding hydrogens is 192 g/mol. The van der Waals surface area contributed by atoms with Gasteiger partial charge in [-0.1, -0.05) is 0 Å². The molecule has 2 fully saturated rings. The second-order valence-corrected chi connectivity index (χ2v) is 4.72. The van der Waals surface area contributed by atoms with E-state index in [9.17, 15) is 4.79 Å². The van der Waals surface area contributed by atoms with Crippen molar-refractivity contribution in [3.05, 3.63) is 0 Å². The number of nitrogens with zero attached hydrogens (tertiary/aromatic N) is 1. The number of likely N-dealkylation sites (tertiary alicyclic amines) is 1. The Labute approximate surface area is 90.6 Å². The Morgan fingerprint density at radius 2 is 2.13 bits per heavy atom. The molecule has 1 saturated heterocycles. The van der Waals surface area contributed by atoms with Crippen LogP contribution in [0.1, 0.15) is 32.1 Å². The number of hydrogen-bond acceptors (Lipinski definition) is 3. The predicted molar refractivity (Wildman–Crippen MR) is 57.9 cm³/mol. The molecule has 1 aliphatic carbocycles. The lowest BCUT2D eigenvalue weighted by Crippen LogP contribution is -2.46. The van der Waals surface area contributed by atoms with Crippen molar-refractivity contribution in [1.82, 2.24) is 10.2 Å². The van der Waals surface area contributed by atoms with Crippen molar-refractivity contribution < 1.29 is 9.90 Å². The first-order valence-electron chi connectivity index (χ1n) is 5.94. The Kier molecular flexibility index (Phi) is 3.59. The lowest BCUT2D eigenvalue weighted by atomic mass is 10.1. The van der Waals surface area contributed by atoms with Gasteiger partial charge < -0.3 is 15.3 Å². The molecule has 1 saturated carbocycles. The fraction of sp³-hybridized carbons (Fsp3) is 0.909. The van der Waals surface area contributed by atoms with Crippen LogP contribution in [0.3, 0.4) is 0 Å². The highest BCUT2D eigenvalue weighted by atomic mass is 16.4. The van der Waals surface area contributed by atoms with Crippen molar-refractivity contribution in [1.29, 1.82) is 0 Å². The van der Waals surface area contributed by atoms with E-state index in [0.717, 1.165) is 19.1 Å². The summed E-state index contributed by atoms with van der Waals surface area (Å²) in [7, 11) is 0. The summed E-state index contributed by atoms with van der Waals surface area (Å²) in [6.45, 7) is 2.80. The van der Waals surface area contributed by atoms with Crippen LogP contribution >= 0.6 is 0 Å². The number of carboxylic acid groups (broad SMARTS) is 1. The molecular formula is C11H20N2O2. The maximum Gasteiger partial charge on any atom is 0.304 e. The first-order valence-corrected chi connectivity index (χ1v) is 5.94. The molecule has 2 rings (SSSR count). The Morgan fingerprint density at radius 3 is 2.80 bits per heavy atom. The minimum atomic E-state index is -0.688. The van der Waals surface area contributed by atoms with Gasteiger partial charge in [0, 0.05) is 25.2 Å². The summed E-state index contributed by atoms with van der Waals surface area (Å²) in [5.41, 5.74) is 0. The number of nitrogens with one attached hydrogen (secondary N) is 1. The van der Waals surface area contributed by atoms with Crippen LogP contribution in [0.4, 0.5) is 0 Å². The van der Waals surface area contributed by atoms with Gasteiger partial charge in [-0.3, -0.25) is 4.79 Å². The van der Waals surface area contributed by atoms with Crippen LogP contribution in [0.2, 0.25) is 0 Å². The highest BCUT2D eigenvalue weighted by molar-refractivity contribution is 5.66. The second kappa shape index (κ2) is 4.94. The Hall–Kier alpha value is -0.610. The molecule has 4 nitrogen and oxygen atoms in total. The van der Waals surface area contributed by atoms with Gasteiger partial charge in [0.2, 0.25) is 0 Å². The van der Waals surface area contributed by atoms with Crippen LogP contribution in [0, 0.1) is 0 Å². The summed E-state index contributed by atoms with van der Waals surface area (Å²) in [5.74, 6) is -0.688. The summed E-state index contributed by atoms with van der Waals surface area (Å²) in [6, 6.07) is 1.36. The molecule has 0 spiro atoms. The molecule has 86 valence electrons. The molecule has 0 aromatic rings. The van der Waals surface area contributed by atoms with Crippen LogP contribution in [-0.4, -0.2) is 47.7 Å². The highest BCUT2D eigenvalue weighted by Crippen LogP contribution is 2.21. The van der Waals surface area contributed by atoms with Crippen molar-refractivity contribution in [3.63, 3.8) is 0 Å². The predicted octanol–water partition coefficient (Wildman–Crippen LogP) is 0.677. The zero-order valence-electron chi connectivity index (χ0n) is 9.11. The number of aliphatic carboxylic acids is 1. The van der Waals surface area contributed by atoms with E-state index in [1.807, 2.05) is 0 Å². The molecule has 1 atom stereocenters. The number of carboxylic acids is 1. The Morgan fingerprint density at radius 1 is 1.33 bits per heavy atom. The van der Waals surface area contributed by atoms with Crippen LogP contribution in [0.5, 0.6) is 0 Å². The van der Waals surface area contributed by atoms with Gasteiger partial charge >= 0.3 is 5.97 Å². The van der Waals surface area contributed by atoms with E-state index in [0.29, 0.717) is 12.6 Å². The zero-order valence-corrected chi connectivity index (χ0v) is 9.11. The minimum Gasteiger partial charge on any atom is -0.481 e. The number of piperidine rings is 1. The molecule has 15 heavy (non-hydrogen) atoms. The summed E-state index contributed by atoms with van der Waals surface area (Å²) in [5, 5.41) is 12.2. The third-order valence-corrected chi connectivity index (χ3v) is 3.20. The largest absolute Gasteiger partial charge is 0.481 e. The van der Waals surface area contributed by atoms with E-state index in [1.165, 1.54) is 25.7 Å². The molecule has 1 aliphatic heterocycles. The van der Waals surface area contributed by atoms with Crippen molar-refractivity contribution in [2.24, 2.45) is 0 Å². The topological polar surface area (TPSA) is 52.6 Å². The Bertz CT molecular complexity index is 229. The second-order valence-electron chi connectivity index (χ2n) is 4.72. The van der Waals surface area contributed by atoms with E-state index < -0.39 is 5.97 Å². The van der Waals surface area contributed by atoms with Crippen LogP contribution in [0.15, 0.2) is 0 Å². The van der Waals surface area contributed by atoms with E-state index in [1.54, 1.807) is 0 Å². The molecule has 0 bridgehead atoms. The van der Waals surface area contributed by atoms with Crippen LogP contribution in [0.25, 0.3) is 0 Å². The van der Waals surface area contributed by atoms with Gasteiger partial charge in [0.25, 0.3) is 0 Å². The van der Waals surface area contributed by atoms with E-state index in [2.05, 4.69) is 10.2 Å². The van der Waals surface area contributed by atoms with Gasteiger partial charge in [-0.25, -0.2) is 0 Å². The van der Waals surface area contributed by atoms with Gasteiger partial charge in [0.15, 0.2) is 0 Å². The first kappa shape index (κ1) is 10.9. The number of rotatable bonds is 5. The van der Waals surface area contributed by atoms with Gasteiger partial charge in [0.05, 0.1) is 6.42 Å². The fourth-order valence-corrected chi connectivity index (χ4v) is 2.23. The van der Waals surface area contributed by atoms with Crippen molar-refractivity contribution >= 4 is 5.97 Å². The van der Waals surface area contributed by atoms with Gasteiger partial charge in [-0.2, -0.15) is 0 Å². The van der Waals surface area contributed by atoms with Gasteiger partial charge in [-0.15, -0.1) is 0 Å². The summed E-state index contributed by atoms with van der Waals surface area (Å²) in [6.07, 6.45) is 5.37. The van der Waals surface area contributed by atoms with Crippen LogP contribution < -0.4 is 5.32 Å². The monoisotopic (exact) mass is 212 g/mol. The maximum absolute atomic E-state index is 10.5. The SMILES string of the molecule is O=C(O)CCN1CCCC(NC2CC2)C1.